The molecule has 0 bridgehead atoms. The number of unbranched alkanes of at least 4 members (excludes halogenated alkanes) is 4. The number of carbonyl (C=O) groups is 3. The molecule has 0 saturated heterocycles. The standard InChI is InChI=1S/C7H16O3S.C6H8O7.Na/c1-2-3-4-5-6-7-11(8,9)10;7-3(8)1-6(13,5(11)12)2-4(9)10;/h2-7H2,1H3,(H,8,9,10);13H,1-2H2,(H,7,8)(H,9,10)(H,11,12);/q;;+1/p-1. The number of carboxylic acids is 3. The van der Waals surface area contributed by atoms with Crippen LogP contribution in [0.5, 0.6) is 0 Å². The van der Waals surface area contributed by atoms with Gasteiger partial charge in [-0.1, -0.05) is 32.6 Å². The molecule has 0 radical (unpaired) electrons. The van der Waals surface area contributed by atoms with E-state index in [1.165, 1.54) is 0 Å². The van der Waals surface area contributed by atoms with E-state index in [4.69, 9.17) is 20.4 Å². The molecule has 0 fully saturated rings. The Morgan fingerprint density at radius 3 is 1.60 bits per heavy atom. The Labute approximate surface area is 168 Å². The van der Waals surface area contributed by atoms with Crippen LogP contribution in [0.4, 0.5) is 0 Å². The fraction of sp³-hybridized carbons (Fsp3) is 0.769. The molecular formula is C13H23NaO10S. The van der Waals surface area contributed by atoms with E-state index in [-0.39, 0.29) is 35.3 Å². The minimum atomic E-state index is -3.96. The van der Waals surface area contributed by atoms with Crippen LogP contribution in [0.3, 0.4) is 0 Å². The van der Waals surface area contributed by atoms with Gasteiger partial charge in [-0.15, -0.1) is 0 Å². The van der Waals surface area contributed by atoms with Gasteiger partial charge in [-0.2, -0.15) is 0 Å². The molecule has 0 heterocycles. The molecule has 10 nitrogen and oxygen atoms in total. The summed E-state index contributed by atoms with van der Waals surface area (Å²) in [6.45, 7) is 2.09. The van der Waals surface area contributed by atoms with E-state index in [1.54, 1.807) is 0 Å². The minimum absolute atomic E-state index is 0. The van der Waals surface area contributed by atoms with Crippen molar-refractivity contribution in [1.29, 1.82) is 0 Å². The smallest absolute Gasteiger partial charge is 0.748 e. The van der Waals surface area contributed by atoms with Crippen LogP contribution in [0.25, 0.3) is 0 Å². The van der Waals surface area contributed by atoms with Crippen molar-refractivity contribution in [2.24, 2.45) is 0 Å². The topological polar surface area (TPSA) is 189 Å². The number of aliphatic carboxylic acids is 3. The molecule has 0 rings (SSSR count). The summed E-state index contributed by atoms with van der Waals surface area (Å²) < 4.78 is 30.3. The fourth-order valence-electron chi connectivity index (χ4n) is 1.60. The van der Waals surface area contributed by atoms with Crippen molar-refractivity contribution in [2.45, 2.75) is 57.5 Å². The zero-order valence-electron chi connectivity index (χ0n) is 14.3. The van der Waals surface area contributed by atoms with E-state index in [0.29, 0.717) is 6.42 Å². The van der Waals surface area contributed by atoms with Crippen LogP contribution < -0.4 is 29.6 Å². The van der Waals surface area contributed by atoms with Crippen molar-refractivity contribution >= 4 is 28.0 Å². The molecule has 0 aliphatic carbocycles. The molecule has 0 saturated carbocycles. The number of rotatable bonds is 11. The molecule has 0 aliphatic rings. The quantitative estimate of drug-likeness (QED) is 0.162. The Kier molecular flexibility index (Phi) is 16.8. The van der Waals surface area contributed by atoms with E-state index < -0.39 is 46.5 Å². The van der Waals surface area contributed by atoms with E-state index >= 15 is 0 Å². The van der Waals surface area contributed by atoms with Crippen LogP contribution in [0, 0.1) is 0 Å². The second kappa shape index (κ2) is 14.4. The van der Waals surface area contributed by atoms with Crippen LogP contribution in [0.2, 0.25) is 0 Å². The van der Waals surface area contributed by atoms with Crippen molar-refractivity contribution in [3.8, 4) is 0 Å². The summed E-state index contributed by atoms with van der Waals surface area (Å²) in [7, 11) is -3.96. The molecule has 25 heavy (non-hydrogen) atoms. The van der Waals surface area contributed by atoms with E-state index in [9.17, 15) is 27.4 Å². The molecule has 0 aliphatic heterocycles. The minimum Gasteiger partial charge on any atom is -0.748 e. The Morgan fingerprint density at radius 2 is 1.32 bits per heavy atom. The van der Waals surface area contributed by atoms with Gasteiger partial charge < -0.3 is 25.0 Å². The van der Waals surface area contributed by atoms with Gasteiger partial charge in [0.15, 0.2) is 5.60 Å². The molecule has 0 aromatic carbocycles. The summed E-state index contributed by atoms with van der Waals surface area (Å²) in [5, 5.41) is 33.8. The summed E-state index contributed by atoms with van der Waals surface area (Å²) in [5.74, 6) is -5.22. The maximum Gasteiger partial charge on any atom is 1.00 e. The predicted molar refractivity (Wildman–Crippen MR) is 80.4 cm³/mol. The van der Waals surface area contributed by atoms with Gasteiger partial charge in [-0.05, 0) is 6.42 Å². The van der Waals surface area contributed by atoms with E-state index in [2.05, 4.69) is 6.92 Å². The van der Waals surface area contributed by atoms with E-state index in [0.717, 1.165) is 25.7 Å². The normalized spacial score (nSPS) is 10.8. The van der Waals surface area contributed by atoms with Crippen LogP contribution in [-0.2, 0) is 24.5 Å². The molecule has 142 valence electrons. The first-order chi connectivity index (χ1) is 10.8. The molecule has 0 unspecified atom stereocenters. The summed E-state index contributed by atoms with van der Waals surface area (Å²) in [6.07, 6.45) is 2.37. The molecule has 0 aromatic rings. The molecule has 0 amide bonds. The van der Waals surface area contributed by atoms with Crippen molar-refractivity contribution in [3.63, 3.8) is 0 Å². The average Bonchev–Trinajstić information content (AvgIpc) is 2.35. The van der Waals surface area contributed by atoms with Crippen molar-refractivity contribution in [1.82, 2.24) is 0 Å². The maximum absolute atomic E-state index is 10.3. The van der Waals surface area contributed by atoms with Gasteiger partial charge in [0.05, 0.1) is 23.0 Å². The van der Waals surface area contributed by atoms with Gasteiger partial charge >= 0.3 is 47.5 Å². The third-order valence-electron chi connectivity index (χ3n) is 2.78. The summed E-state index contributed by atoms with van der Waals surface area (Å²) in [6, 6.07) is 0. The molecule has 4 N–H and O–H groups in total. The Balaban J connectivity index is -0.000000377. The maximum atomic E-state index is 10.3. The number of hydrogen-bond acceptors (Lipinski definition) is 7. The first-order valence-corrected chi connectivity index (χ1v) is 8.74. The zero-order valence-corrected chi connectivity index (χ0v) is 17.1. The number of aliphatic hydroxyl groups is 1. The molecule has 0 spiro atoms. The fourth-order valence-corrected chi connectivity index (χ4v) is 2.15. The Morgan fingerprint density at radius 1 is 0.920 bits per heavy atom. The number of hydrogen-bond donors (Lipinski definition) is 4. The molecule has 12 heteroatoms. The van der Waals surface area contributed by atoms with Gasteiger partial charge in [0.2, 0.25) is 0 Å². The van der Waals surface area contributed by atoms with Gasteiger partial charge in [-0.3, -0.25) is 9.59 Å². The Bertz CT molecular complexity index is 501. The summed E-state index contributed by atoms with van der Waals surface area (Å²) in [4.78, 5) is 30.5. The van der Waals surface area contributed by atoms with Gasteiger partial charge in [0, 0.05) is 5.75 Å². The molecular weight excluding hydrogens is 371 g/mol. The third-order valence-corrected chi connectivity index (χ3v) is 3.57. The second-order valence-corrected chi connectivity index (χ2v) is 6.68. The van der Waals surface area contributed by atoms with Crippen molar-refractivity contribution in [2.75, 3.05) is 5.75 Å². The first kappa shape index (κ1) is 29.1. The summed E-state index contributed by atoms with van der Waals surface area (Å²) in [5.41, 5.74) is -2.74. The van der Waals surface area contributed by atoms with Gasteiger partial charge in [0.25, 0.3) is 0 Å². The average molecular weight is 394 g/mol. The second-order valence-electron chi connectivity index (χ2n) is 5.15. The number of carboxylic acid groups (broad SMARTS) is 3. The molecule has 0 atom stereocenters. The van der Waals surface area contributed by atoms with Crippen molar-refractivity contribution in [3.05, 3.63) is 0 Å². The predicted octanol–water partition coefficient (Wildman–Crippen LogP) is -2.74. The monoisotopic (exact) mass is 394 g/mol. The van der Waals surface area contributed by atoms with Crippen LogP contribution >= 0.6 is 0 Å². The van der Waals surface area contributed by atoms with Crippen molar-refractivity contribution < 1.29 is 77.3 Å². The Hall–Kier alpha value is -0.720. The van der Waals surface area contributed by atoms with E-state index in [1.807, 2.05) is 0 Å². The summed E-state index contributed by atoms with van der Waals surface area (Å²) >= 11 is 0. The van der Waals surface area contributed by atoms with Gasteiger partial charge in [-0.25, -0.2) is 13.2 Å². The zero-order chi connectivity index (χ0) is 19.4. The van der Waals surface area contributed by atoms with Crippen LogP contribution in [-0.4, -0.2) is 62.7 Å². The van der Waals surface area contributed by atoms with Gasteiger partial charge in [0.1, 0.15) is 0 Å². The first-order valence-electron chi connectivity index (χ1n) is 7.17. The third kappa shape index (κ3) is 19.5. The van der Waals surface area contributed by atoms with Crippen LogP contribution in [0.15, 0.2) is 0 Å². The van der Waals surface area contributed by atoms with Crippen LogP contribution in [0.1, 0.15) is 51.9 Å². The largest absolute Gasteiger partial charge is 1.00 e. The SMILES string of the molecule is CCCCCCCS(=O)(=O)[O-].O=C(O)CC(O)(CC(=O)O)C(=O)O.[Na+]. The molecule has 0 aromatic heterocycles.